The molecule has 0 saturated heterocycles. The van der Waals surface area contributed by atoms with Crippen molar-refractivity contribution in [3.05, 3.63) is 67.8 Å². The molecule has 0 saturated carbocycles. The number of anilines is 2. The second-order valence-electron chi connectivity index (χ2n) is 4.87. The smallest absolute Gasteiger partial charge is 0.300 e. The fourth-order valence-electron chi connectivity index (χ4n) is 2.11. The average molecular weight is 331 g/mol. The summed E-state index contributed by atoms with van der Waals surface area (Å²) in [5, 5.41) is 25.3. The molecule has 4 N–H and O–H groups in total. The van der Waals surface area contributed by atoms with Gasteiger partial charge >= 0.3 is 11.4 Å². The van der Waals surface area contributed by atoms with Crippen LogP contribution in [-0.4, -0.2) is 15.8 Å². The Balaban J connectivity index is 2.65. The highest BCUT2D eigenvalue weighted by Gasteiger charge is 2.28. The topological polar surface area (TPSA) is 153 Å². The molecule has 0 aliphatic heterocycles. The maximum Gasteiger partial charge on any atom is 0.300 e. The van der Waals surface area contributed by atoms with E-state index < -0.39 is 27.1 Å². The standard InChI is InChI=1S/C14H13N5O5/c1-8-3-2-4-10(5-8)16-13-11(18(21)22)6-9(14(20)17-15)7-12(13)19(23)24/h2-7,16H,15H2,1H3,(H,17,20). The molecule has 24 heavy (non-hydrogen) atoms. The van der Waals surface area contributed by atoms with Crippen LogP contribution in [-0.2, 0) is 0 Å². The molecule has 2 rings (SSSR count). The zero-order valence-electron chi connectivity index (χ0n) is 12.5. The fourth-order valence-corrected chi connectivity index (χ4v) is 2.11. The van der Waals surface area contributed by atoms with Gasteiger partial charge in [-0.1, -0.05) is 12.1 Å². The molecule has 1 amide bonds. The van der Waals surface area contributed by atoms with Crippen molar-refractivity contribution in [1.82, 2.24) is 5.43 Å². The predicted octanol–water partition coefficient (Wildman–Crippen LogP) is 2.16. The molecule has 124 valence electrons. The summed E-state index contributed by atoms with van der Waals surface area (Å²) in [6, 6.07) is 8.64. The van der Waals surface area contributed by atoms with Crippen molar-refractivity contribution in [2.24, 2.45) is 5.84 Å². The first-order valence-corrected chi connectivity index (χ1v) is 6.65. The first-order chi connectivity index (χ1) is 11.3. The highest BCUT2D eigenvalue weighted by Crippen LogP contribution is 2.37. The van der Waals surface area contributed by atoms with Gasteiger partial charge in [-0.2, -0.15) is 0 Å². The predicted molar refractivity (Wildman–Crippen MR) is 85.9 cm³/mol. The van der Waals surface area contributed by atoms with Crippen molar-refractivity contribution in [3.63, 3.8) is 0 Å². The Morgan fingerprint density at radius 3 is 2.12 bits per heavy atom. The third-order valence-electron chi connectivity index (χ3n) is 3.17. The van der Waals surface area contributed by atoms with Crippen molar-refractivity contribution < 1.29 is 14.6 Å². The molecular formula is C14H13N5O5. The number of nitro groups is 2. The minimum absolute atomic E-state index is 0.286. The largest absolute Gasteiger partial charge is 0.344 e. The van der Waals surface area contributed by atoms with Gasteiger partial charge in [-0.3, -0.25) is 30.4 Å². The third-order valence-corrected chi connectivity index (χ3v) is 3.17. The summed E-state index contributed by atoms with van der Waals surface area (Å²) in [6.07, 6.45) is 0. The van der Waals surface area contributed by atoms with Crippen LogP contribution in [0.2, 0.25) is 0 Å². The minimum Gasteiger partial charge on any atom is -0.344 e. The van der Waals surface area contributed by atoms with Crippen LogP contribution in [0, 0.1) is 27.2 Å². The van der Waals surface area contributed by atoms with Crippen LogP contribution in [0.5, 0.6) is 0 Å². The normalized spacial score (nSPS) is 10.1. The van der Waals surface area contributed by atoms with Gasteiger partial charge in [-0.05, 0) is 24.6 Å². The number of benzene rings is 2. The molecule has 0 aliphatic carbocycles. The zero-order chi connectivity index (χ0) is 17.9. The summed E-state index contributed by atoms with van der Waals surface area (Å²) in [5.41, 5.74) is 1.28. The second kappa shape index (κ2) is 6.71. The van der Waals surface area contributed by atoms with Gasteiger partial charge in [0.15, 0.2) is 5.69 Å². The van der Waals surface area contributed by atoms with Gasteiger partial charge in [0.2, 0.25) is 0 Å². The Hall–Kier alpha value is -3.53. The number of hydrazine groups is 1. The van der Waals surface area contributed by atoms with Gasteiger partial charge in [-0.25, -0.2) is 5.84 Å². The van der Waals surface area contributed by atoms with Crippen molar-refractivity contribution in [2.75, 3.05) is 5.32 Å². The summed E-state index contributed by atoms with van der Waals surface area (Å²) in [5.74, 6) is 4.11. The van der Waals surface area contributed by atoms with Gasteiger partial charge in [0, 0.05) is 17.8 Å². The van der Waals surface area contributed by atoms with Gasteiger partial charge in [0.1, 0.15) is 0 Å². The molecule has 2 aromatic rings. The lowest BCUT2D eigenvalue weighted by Gasteiger charge is -2.10. The molecule has 10 heteroatoms. The Labute approximate surface area is 135 Å². The van der Waals surface area contributed by atoms with Gasteiger partial charge in [-0.15, -0.1) is 0 Å². The second-order valence-corrected chi connectivity index (χ2v) is 4.87. The summed E-state index contributed by atoms with van der Waals surface area (Å²) < 4.78 is 0. The molecule has 0 heterocycles. The van der Waals surface area contributed by atoms with E-state index >= 15 is 0 Å². The van der Waals surface area contributed by atoms with E-state index in [1.165, 1.54) is 0 Å². The maximum absolute atomic E-state index is 11.6. The summed E-state index contributed by atoms with van der Waals surface area (Å²) >= 11 is 0. The zero-order valence-corrected chi connectivity index (χ0v) is 12.5. The first-order valence-electron chi connectivity index (χ1n) is 6.65. The molecule has 0 radical (unpaired) electrons. The SMILES string of the molecule is Cc1cccc(Nc2c([N+](=O)[O-])cc(C(=O)NN)cc2[N+](=O)[O-])c1. The van der Waals surface area contributed by atoms with Gasteiger partial charge in [0.25, 0.3) is 5.91 Å². The van der Waals surface area contributed by atoms with E-state index in [-0.39, 0.29) is 11.3 Å². The van der Waals surface area contributed by atoms with Crippen molar-refractivity contribution in [1.29, 1.82) is 0 Å². The lowest BCUT2D eigenvalue weighted by Crippen LogP contribution is -2.30. The fraction of sp³-hybridized carbons (Fsp3) is 0.0714. The van der Waals surface area contributed by atoms with Crippen LogP contribution in [0.4, 0.5) is 22.7 Å². The van der Waals surface area contributed by atoms with E-state index in [1.54, 1.807) is 23.6 Å². The van der Waals surface area contributed by atoms with E-state index in [1.807, 2.05) is 13.0 Å². The summed E-state index contributed by atoms with van der Waals surface area (Å²) in [4.78, 5) is 32.6. The number of nitrogens with zero attached hydrogens (tertiary/aromatic N) is 2. The average Bonchev–Trinajstić information content (AvgIpc) is 2.53. The lowest BCUT2D eigenvalue weighted by atomic mass is 10.1. The number of hydrogen-bond acceptors (Lipinski definition) is 7. The Morgan fingerprint density at radius 1 is 1.08 bits per heavy atom. The van der Waals surface area contributed by atoms with Crippen LogP contribution in [0.25, 0.3) is 0 Å². The number of amides is 1. The van der Waals surface area contributed by atoms with Gasteiger partial charge in [0.05, 0.1) is 15.4 Å². The minimum atomic E-state index is -0.872. The quantitative estimate of drug-likeness (QED) is 0.328. The molecule has 0 spiro atoms. The Kier molecular flexibility index (Phi) is 4.70. The number of carbonyl (C=O) groups excluding carboxylic acids is 1. The van der Waals surface area contributed by atoms with Crippen LogP contribution < -0.4 is 16.6 Å². The summed E-state index contributed by atoms with van der Waals surface area (Å²) in [6.45, 7) is 1.81. The number of nitro benzene ring substituents is 2. The number of aryl methyl sites for hydroxylation is 1. The van der Waals surface area contributed by atoms with Crippen molar-refractivity contribution >= 4 is 28.7 Å². The van der Waals surface area contributed by atoms with Crippen molar-refractivity contribution in [2.45, 2.75) is 6.92 Å². The molecule has 0 aliphatic rings. The Bertz CT molecular complexity index is 801. The van der Waals surface area contributed by atoms with Gasteiger partial charge < -0.3 is 5.32 Å². The highest BCUT2D eigenvalue weighted by atomic mass is 16.6. The molecule has 0 unspecified atom stereocenters. The van der Waals surface area contributed by atoms with E-state index in [9.17, 15) is 25.0 Å². The van der Waals surface area contributed by atoms with E-state index in [0.717, 1.165) is 17.7 Å². The van der Waals surface area contributed by atoms with Crippen LogP contribution in [0.15, 0.2) is 36.4 Å². The highest BCUT2D eigenvalue weighted by molar-refractivity contribution is 5.97. The van der Waals surface area contributed by atoms with Crippen molar-refractivity contribution in [3.8, 4) is 0 Å². The molecule has 10 nitrogen and oxygen atoms in total. The molecule has 2 aromatic carbocycles. The number of carbonyl (C=O) groups is 1. The monoisotopic (exact) mass is 331 g/mol. The molecular weight excluding hydrogens is 318 g/mol. The Morgan fingerprint density at radius 2 is 1.67 bits per heavy atom. The van der Waals surface area contributed by atoms with E-state index in [4.69, 9.17) is 5.84 Å². The third kappa shape index (κ3) is 3.44. The number of nitrogen functional groups attached to an aromatic ring is 1. The molecule has 0 aromatic heterocycles. The maximum atomic E-state index is 11.6. The number of nitrogens with one attached hydrogen (secondary N) is 2. The summed E-state index contributed by atoms with van der Waals surface area (Å²) in [7, 11) is 0. The molecule has 0 bridgehead atoms. The molecule has 0 fully saturated rings. The number of rotatable bonds is 5. The van der Waals surface area contributed by atoms with Crippen LogP contribution in [0.1, 0.15) is 15.9 Å². The molecule has 0 atom stereocenters. The van der Waals surface area contributed by atoms with E-state index in [2.05, 4.69) is 5.32 Å². The van der Waals surface area contributed by atoms with E-state index in [0.29, 0.717) is 5.69 Å². The number of nitrogens with two attached hydrogens (primary N) is 1. The van der Waals surface area contributed by atoms with Crippen LogP contribution >= 0.6 is 0 Å². The van der Waals surface area contributed by atoms with Crippen LogP contribution in [0.3, 0.4) is 0 Å². The first kappa shape index (κ1) is 16.8. The lowest BCUT2D eigenvalue weighted by molar-refractivity contribution is -0.392. The number of hydrogen-bond donors (Lipinski definition) is 3.